The number of hydrogen-bond acceptors (Lipinski definition) is 6. The molecular formula is C24H33FO6. The van der Waals surface area contributed by atoms with Crippen molar-refractivity contribution in [3.05, 3.63) is 23.8 Å². The molecule has 7 heteroatoms. The summed E-state index contributed by atoms with van der Waals surface area (Å²) in [7, 11) is 1.45. The molecule has 31 heavy (non-hydrogen) atoms. The van der Waals surface area contributed by atoms with Crippen molar-refractivity contribution in [3.63, 3.8) is 0 Å². The average Bonchev–Trinajstić information content (AvgIpc) is 2.98. The van der Waals surface area contributed by atoms with E-state index in [1.54, 1.807) is 19.9 Å². The van der Waals surface area contributed by atoms with Gasteiger partial charge in [-0.1, -0.05) is 25.5 Å². The fourth-order valence-corrected chi connectivity index (χ4v) is 7.40. The second-order valence-electron chi connectivity index (χ2n) is 10.4. The summed E-state index contributed by atoms with van der Waals surface area (Å²) >= 11 is 0. The Morgan fingerprint density at radius 3 is 2.71 bits per heavy atom. The van der Waals surface area contributed by atoms with Crippen LogP contribution in [0, 0.1) is 28.6 Å². The van der Waals surface area contributed by atoms with E-state index in [0.717, 1.165) is 5.57 Å². The Kier molecular flexibility index (Phi) is 5.36. The van der Waals surface area contributed by atoms with Crippen molar-refractivity contribution in [1.82, 2.24) is 0 Å². The van der Waals surface area contributed by atoms with E-state index in [2.05, 4.69) is 0 Å². The molecule has 3 fully saturated rings. The SMILES string of the molecule is COCOCC(=O)[C@@]1(O)CC[C@H]2[C@@H]3C[C@H](C)C4=CC(=O)C=C[C@]4(C)[C@@]3(F)[C@@H](O)C[C@@]21C. The maximum Gasteiger partial charge on any atom is 0.190 e. The van der Waals surface area contributed by atoms with Crippen molar-refractivity contribution < 1.29 is 33.7 Å². The van der Waals surface area contributed by atoms with Gasteiger partial charge in [-0.25, -0.2) is 4.39 Å². The number of carbonyl (C=O) groups excluding carboxylic acids is 2. The number of carbonyl (C=O) groups is 2. The van der Waals surface area contributed by atoms with Crippen molar-refractivity contribution in [2.45, 2.75) is 63.8 Å². The molecule has 4 aliphatic carbocycles. The highest BCUT2D eigenvalue weighted by molar-refractivity contribution is 6.01. The zero-order valence-electron chi connectivity index (χ0n) is 18.7. The van der Waals surface area contributed by atoms with Gasteiger partial charge < -0.3 is 19.7 Å². The van der Waals surface area contributed by atoms with Crippen LogP contribution in [0.4, 0.5) is 4.39 Å². The van der Waals surface area contributed by atoms with Crippen LogP contribution in [0.5, 0.6) is 0 Å². The molecule has 0 aromatic heterocycles. The van der Waals surface area contributed by atoms with Crippen LogP contribution in [-0.2, 0) is 19.1 Å². The first kappa shape index (κ1) is 22.8. The molecule has 6 nitrogen and oxygen atoms in total. The van der Waals surface area contributed by atoms with Crippen molar-refractivity contribution >= 4 is 11.6 Å². The summed E-state index contributed by atoms with van der Waals surface area (Å²) in [6.07, 6.45) is 4.28. The Morgan fingerprint density at radius 2 is 2.03 bits per heavy atom. The third-order valence-electron chi connectivity index (χ3n) is 9.02. The number of Topliss-reactive ketones (excluding diaryl/α,β-unsaturated/α-hetero) is 1. The zero-order valence-corrected chi connectivity index (χ0v) is 18.7. The summed E-state index contributed by atoms with van der Waals surface area (Å²) in [5, 5.41) is 22.8. The first-order valence-corrected chi connectivity index (χ1v) is 11.1. The summed E-state index contributed by atoms with van der Waals surface area (Å²) in [6, 6.07) is 0. The number of aliphatic hydroxyl groups excluding tert-OH is 1. The van der Waals surface area contributed by atoms with Gasteiger partial charge in [-0.05, 0) is 56.6 Å². The highest BCUT2D eigenvalue weighted by Gasteiger charge is 2.74. The summed E-state index contributed by atoms with van der Waals surface area (Å²) < 4.78 is 27.1. The lowest BCUT2D eigenvalue weighted by molar-refractivity contribution is -0.221. The second-order valence-corrected chi connectivity index (χ2v) is 10.4. The Balaban J connectivity index is 1.73. The molecule has 0 aromatic carbocycles. The number of allylic oxidation sites excluding steroid dienone is 4. The van der Waals surface area contributed by atoms with Gasteiger partial charge in [0.15, 0.2) is 17.2 Å². The molecule has 0 spiro atoms. The normalized spacial score (nSPS) is 48.6. The van der Waals surface area contributed by atoms with E-state index >= 15 is 4.39 Å². The number of halogens is 1. The lowest BCUT2D eigenvalue weighted by Crippen LogP contribution is -2.70. The number of ketones is 2. The van der Waals surface area contributed by atoms with Crippen molar-refractivity contribution in [1.29, 1.82) is 0 Å². The van der Waals surface area contributed by atoms with Crippen LogP contribution in [0.2, 0.25) is 0 Å². The lowest BCUT2D eigenvalue weighted by Gasteiger charge is -2.63. The molecule has 0 bridgehead atoms. The van der Waals surface area contributed by atoms with Gasteiger partial charge in [0.1, 0.15) is 19.0 Å². The van der Waals surface area contributed by atoms with Crippen molar-refractivity contribution in [2.75, 3.05) is 20.5 Å². The van der Waals surface area contributed by atoms with Crippen LogP contribution < -0.4 is 0 Å². The average molecular weight is 437 g/mol. The number of fused-ring (bicyclic) bond motifs is 5. The number of hydrogen-bond donors (Lipinski definition) is 2. The number of ether oxygens (including phenoxy) is 2. The minimum Gasteiger partial charge on any atom is -0.390 e. The topological polar surface area (TPSA) is 93.1 Å². The second kappa shape index (κ2) is 7.30. The van der Waals surface area contributed by atoms with E-state index in [9.17, 15) is 19.8 Å². The summed E-state index contributed by atoms with van der Waals surface area (Å²) in [6.45, 7) is 5.21. The molecule has 0 radical (unpaired) electrons. The Bertz CT molecular complexity index is 853. The molecule has 0 aliphatic heterocycles. The van der Waals surface area contributed by atoms with E-state index in [0.29, 0.717) is 12.8 Å². The van der Waals surface area contributed by atoms with E-state index in [1.807, 2.05) is 6.92 Å². The van der Waals surface area contributed by atoms with E-state index in [1.165, 1.54) is 19.3 Å². The fourth-order valence-electron chi connectivity index (χ4n) is 7.40. The van der Waals surface area contributed by atoms with Crippen LogP contribution in [-0.4, -0.2) is 59.7 Å². The van der Waals surface area contributed by atoms with Crippen molar-refractivity contribution in [3.8, 4) is 0 Å². The van der Waals surface area contributed by atoms with Gasteiger partial charge in [-0.15, -0.1) is 0 Å². The Morgan fingerprint density at radius 1 is 1.32 bits per heavy atom. The Labute approximate surface area is 182 Å². The predicted octanol–water partition coefficient (Wildman–Crippen LogP) is 2.52. The van der Waals surface area contributed by atoms with Gasteiger partial charge >= 0.3 is 0 Å². The van der Waals surface area contributed by atoms with Gasteiger partial charge in [0, 0.05) is 23.9 Å². The van der Waals surface area contributed by atoms with Crippen molar-refractivity contribution in [2.24, 2.45) is 28.6 Å². The molecule has 0 heterocycles. The monoisotopic (exact) mass is 436 g/mol. The minimum atomic E-state index is -1.98. The third-order valence-corrected chi connectivity index (χ3v) is 9.02. The number of rotatable bonds is 5. The van der Waals surface area contributed by atoms with Crippen LogP contribution in [0.15, 0.2) is 23.8 Å². The standard InChI is InChI=1S/C24H33FO6/c1-14-9-18-16-6-8-23(29,20(28)12-31-13-30-4)22(16,3)11-19(27)24(18,25)21(2)7-5-15(26)10-17(14)21/h5,7,10,14,16,18-19,27,29H,6,8-9,11-13H2,1-4H3/t14-,16-,18-,19-,21-,22-,23-,24-/m0/s1. The molecule has 0 aromatic rings. The maximum absolute atomic E-state index is 17.1. The quantitative estimate of drug-likeness (QED) is 0.508. The minimum absolute atomic E-state index is 0.0315. The Hall–Kier alpha value is -1.41. The summed E-state index contributed by atoms with van der Waals surface area (Å²) in [4.78, 5) is 25.0. The molecule has 0 amide bonds. The lowest BCUT2D eigenvalue weighted by atomic mass is 9.43. The predicted molar refractivity (Wildman–Crippen MR) is 111 cm³/mol. The molecular weight excluding hydrogens is 403 g/mol. The highest BCUT2D eigenvalue weighted by Crippen LogP contribution is 2.70. The first-order chi connectivity index (χ1) is 14.5. The number of alkyl halides is 1. The third kappa shape index (κ3) is 2.82. The smallest absolute Gasteiger partial charge is 0.190 e. The highest BCUT2D eigenvalue weighted by atomic mass is 19.1. The van der Waals surface area contributed by atoms with Gasteiger partial charge in [-0.2, -0.15) is 0 Å². The van der Waals surface area contributed by atoms with Crippen LogP contribution in [0.1, 0.15) is 46.5 Å². The molecule has 4 rings (SSSR count). The fraction of sp³-hybridized carbons (Fsp3) is 0.750. The van der Waals surface area contributed by atoms with Crippen LogP contribution in [0.3, 0.4) is 0 Å². The van der Waals surface area contributed by atoms with E-state index in [-0.39, 0.29) is 43.9 Å². The maximum atomic E-state index is 17.1. The molecule has 3 saturated carbocycles. The summed E-state index contributed by atoms with van der Waals surface area (Å²) in [5.41, 5.74) is -5.01. The molecule has 0 unspecified atom stereocenters. The molecule has 172 valence electrons. The molecule has 4 aliphatic rings. The summed E-state index contributed by atoms with van der Waals surface area (Å²) in [5.74, 6) is -1.47. The van der Waals surface area contributed by atoms with Crippen LogP contribution >= 0.6 is 0 Å². The molecule has 0 saturated heterocycles. The van der Waals surface area contributed by atoms with Gasteiger partial charge in [0.2, 0.25) is 0 Å². The van der Waals surface area contributed by atoms with E-state index < -0.39 is 39.9 Å². The molecule has 2 N–H and O–H groups in total. The van der Waals surface area contributed by atoms with E-state index in [4.69, 9.17) is 9.47 Å². The van der Waals surface area contributed by atoms with Gasteiger partial charge in [-0.3, -0.25) is 9.59 Å². The number of aliphatic hydroxyl groups is 2. The van der Waals surface area contributed by atoms with Crippen LogP contribution in [0.25, 0.3) is 0 Å². The number of methoxy groups -OCH3 is 1. The molecule has 8 atom stereocenters. The van der Waals surface area contributed by atoms with Gasteiger partial charge in [0.05, 0.1) is 6.10 Å². The first-order valence-electron chi connectivity index (χ1n) is 11.1. The zero-order chi connectivity index (χ0) is 22.8. The van der Waals surface area contributed by atoms with Gasteiger partial charge in [0.25, 0.3) is 0 Å². The largest absolute Gasteiger partial charge is 0.390 e.